The Hall–Kier alpha value is -0.660. The number of rotatable bonds is 5. The number of hydrogen-bond donors (Lipinski definition) is 2. The maximum Gasteiger partial charge on any atom is 0.238 e. The van der Waals surface area contributed by atoms with Crippen molar-refractivity contribution in [1.82, 2.24) is 10.2 Å². The van der Waals surface area contributed by atoms with Crippen molar-refractivity contribution >= 4 is 34.2 Å². The van der Waals surface area contributed by atoms with Crippen LogP contribution in [0.4, 0.5) is 5.69 Å². The fourth-order valence-corrected chi connectivity index (χ4v) is 3.06. The number of amides is 1. The number of hydrogen-bond acceptors (Lipinski definition) is 3. The molecule has 1 amide bonds. The fourth-order valence-electron chi connectivity index (χ4n) is 2.52. The second-order valence-electron chi connectivity index (χ2n) is 4.88. The van der Waals surface area contributed by atoms with Crippen molar-refractivity contribution in [3.8, 4) is 0 Å². The third-order valence-corrected chi connectivity index (χ3v) is 4.06. The summed E-state index contributed by atoms with van der Waals surface area (Å²) in [4.78, 5) is 14.3. The van der Waals surface area contributed by atoms with E-state index in [2.05, 4.69) is 38.1 Å². The molecule has 0 aliphatic carbocycles. The van der Waals surface area contributed by atoms with Crippen LogP contribution in [0.1, 0.15) is 12.8 Å². The van der Waals surface area contributed by atoms with Crippen molar-refractivity contribution in [1.29, 1.82) is 0 Å². The maximum atomic E-state index is 12.1. The summed E-state index contributed by atoms with van der Waals surface area (Å²) >= 11 is 2.25. The van der Waals surface area contributed by atoms with E-state index in [0.717, 1.165) is 22.3 Å². The zero-order valence-corrected chi connectivity index (χ0v) is 13.3. The lowest BCUT2D eigenvalue weighted by Gasteiger charge is -2.23. The van der Waals surface area contributed by atoms with E-state index in [1.54, 1.807) is 0 Å². The molecule has 1 saturated heterocycles. The first-order chi connectivity index (χ1) is 9.19. The number of likely N-dealkylation sites (N-methyl/N-ethyl adjacent to an activating group) is 1. The summed E-state index contributed by atoms with van der Waals surface area (Å²) in [7, 11) is 1.96. The Morgan fingerprint density at radius 2 is 2.37 bits per heavy atom. The molecule has 1 aliphatic rings. The molecule has 0 saturated carbocycles. The van der Waals surface area contributed by atoms with Crippen LogP contribution in [-0.4, -0.2) is 43.5 Å². The lowest BCUT2D eigenvalue weighted by atomic mass is 10.2. The van der Waals surface area contributed by atoms with Gasteiger partial charge in [-0.25, -0.2) is 0 Å². The Kier molecular flexibility index (Phi) is 5.59. The number of benzene rings is 1. The highest BCUT2D eigenvalue weighted by molar-refractivity contribution is 14.1. The minimum absolute atomic E-state index is 0.0741. The molecule has 19 heavy (non-hydrogen) atoms. The van der Waals surface area contributed by atoms with E-state index in [1.165, 1.54) is 12.8 Å². The summed E-state index contributed by atoms with van der Waals surface area (Å²) in [5.41, 5.74) is 0.876. The van der Waals surface area contributed by atoms with E-state index in [1.807, 2.05) is 31.3 Å². The molecule has 0 bridgehead atoms. The number of nitrogens with one attached hydrogen (secondary N) is 2. The predicted molar refractivity (Wildman–Crippen MR) is 86.3 cm³/mol. The quantitative estimate of drug-likeness (QED) is 0.776. The van der Waals surface area contributed by atoms with E-state index in [-0.39, 0.29) is 5.91 Å². The van der Waals surface area contributed by atoms with Crippen LogP contribution in [0.25, 0.3) is 0 Å². The number of carbonyl (C=O) groups excluding carboxylic acids is 1. The van der Waals surface area contributed by atoms with Crippen molar-refractivity contribution < 1.29 is 4.79 Å². The minimum Gasteiger partial charge on any atom is -0.325 e. The fraction of sp³-hybridized carbons (Fsp3) is 0.500. The largest absolute Gasteiger partial charge is 0.325 e. The molecule has 1 aliphatic heterocycles. The summed E-state index contributed by atoms with van der Waals surface area (Å²) in [6, 6.07) is 8.37. The van der Waals surface area contributed by atoms with Crippen LogP contribution in [0.5, 0.6) is 0 Å². The molecule has 0 spiro atoms. The molecule has 5 heteroatoms. The van der Waals surface area contributed by atoms with Gasteiger partial charge >= 0.3 is 0 Å². The van der Waals surface area contributed by atoms with E-state index in [4.69, 9.17) is 0 Å². The van der Waals surface area contributed by atoms with E-state index in [9.17, 15) is 4.79 Å². The van der Waals surface area contributed by atoms with E-state index in [0.29, 0.717) is 12.6 Å². The van der Waals surface area contributed by atoms with Crippen LogP contribution in [0, 0.1) is 3.57 Å². The number of likely N-dealkylation sites (tertiary alicyclic amines) is 1. The highest BCUT2D eigenvalue weighted by Crippen LogP contribution is 2.17. The van der Waals surface area contributed by atoms with Gasteiger partial charge in [0.1, 0.15) is 0 Å². The summed E-state index contributed by atoms with van der Waals surface area (Å²) in [6.07, 6.45) is 2.36. The molecule has 1 unspecified atom stereocenters. The normalized spacial score (nSPS) is 19.6. The lowest BCUT2D eigenvalue weighted by Crippen LogP contribution is -2.41. The third-order valence-electron chi connectivity index (χ3n) is 3.39. The molecule has 0 radical (unpaired) electrons. The molecule has 1 heterocycles. The van der Waals surface area contributed by atoms with Crippen LogP contribution in [0.15, 0.2) is 24.3 Å². The highest BCUT2D eigenvalue weighted by atomic mass is 127. The Morgan fingerprint density at radius 1 is 1.53 bits per heavy atom. The molecule has 1 aromatic carbocycles. The Bertz CT molecular complexity index is 438. The number of carbonyl (C=O) groups is 1. The standard InChI is InChI=1S/C14H20IN3O/c1-16-9-13-6-3-7-18(13)10-14(19)17-12-5-2-4-11(15)8-12/h2,4-5,8,13,16H,3,6-7,9-10H2,1H3,(H,17,19). The smallest absolute Gasteiger partial charge is 0.238 e. The zero-order chi connectivity index (χ0) is 13.7. The van der Waals surface area contributed by atoms with Gasteiger partial charge in [0.15, 0.2) is 0 Å². The van der Waals surface area contributed by atoms with Gasteiger partial charge in [-0.2, -0.15) is 0 Å². The molecule has 1 atom stereocenters. The second kappa shape index (κ2) is 7.21. The van der Waals surface area contributed by atoms with Crippen LogP contribution in [0.3, 0.4) is 0 Å². The van der Waals surface area contributed by atoms with Gasteiger partial charge in [-0.15, -0.1) is 0 Å². The van der Waals surface area contributed by atoms with Crippen molar-refractivity contribution in [2.75, 3.05) is 32.0 Å². The predicted octanol–water partition coefficient (Wildman–Crippen LogP) is 1.91. The van der Waals surface area contributed by atoms with Crippen molar-refractivity contribution in [2.45, 2.75) is 18.9 Å². The molecule has 4 nitrogen and oxygen atoms in total. The van der Waals surface area contributed by atoms with Crippen molar-refractivity contribution in [3.63, 3.8) is 0 Å². The van der Waals surface area contributed by atoms with Gasteiger partial charge in [-0.3, -0.25) is 9.69 Å². The van der Waals surface area contributed by atoms with Gasteiger partial charge in [-0.05, 0) is 67.2 Å². The van der Waals surface area contributed by atoms with E-state index >= 15 is 0 Å². The molecule has 1 aromatic rings. The summed E-state index contributed by atoms with van der Waals surface area (Å²) in [5.74, 6) is 0.0741. The van der Waals surface area contributed by atoms with Crippen LogP contribution in [-0.2, 0) is 4.79 Å². The van der Waals surface area contributed by atoms with Gasteiger partial charge in [0.25, 0.3) is 0 Å². The van der Waals surface area contributed by atoms with Gasteiger partial charge < -0.3 is 10.6 Å². The molecule has 2 N–H and O–H groups in total. The number of nitrogens with zero attached hydrogens (tertiary/aromatic N) is 1. The third kappa shape index (κ3) is 4.43. The lowest BCUT2D eigenvalue weighted by molar-refractivity contribution is -0.117. The van der Waals surface area contributed by atoms with Crippen LogP contribution < -0.4 is 10.6 Å². The Balaban J connectivity index is 1.87. The van der Waals surface area contributed by atoms with Gasteiger partial charge in [0.2, 0.25) is 5.91 Å². The monoisotopic (exact) mass is 373 g/mol. The average molecular weight is 373 g/mol. The zero-order valence-electron chi connectivity index (χ0n) is 11.2. The first-order valence-electron chi connectivity index (χ1n) is 6.63. The molecule has 2 rings (SSSR count). The van der Waals surface area contributed by atoms with Gasteiger partial charge in [0, 0.05) is 21.8 Å². The summed E-state index contributed by atoms with van der Waals surface area (Å²) in [5, 5.41) is 6.16. The molecule has 104 valence electrons. The number of anilines is 1. The average Bonchev–Trinajstić information content (AvgIpc) is 2.77. The Morgan fingerprint density at radius 3 is 3.11 bits per heavy atom. The molecular formula is C14H20IN3O. The topological polar surface area (TPSA) is 44.4 Å². The van der Waals surface area contributed by atoms with Crippen molar-refractivity contribution in [3.05, 3.63) is 27.8 Å². The van der Waals surface area contributed by atoms with Crippen molar-refractivity contribution in [2.24, 2.45) is 0 Å². The van der Waals surface area contributed by atoms with Gasteiger partial charge in [-0.1, -0.05) is 6.07 Å². The molecular weight excluding hydrogens is 353 g/mol. The molecule has 1 fully saturated rings. The Labute approximate surface area is 128 Å². The minimum atomic E-state index is 0.0741. The van der Waals surface area contributed by atoms with Crippen LogP contribution in [0.2, 0.25) is 0 Å². The second-order valence-corrected chi connectivity index (χ2v) is 6.13. The highest BCUT2D eigenvalue weighted by Gasteiger charge is 2.25. The molecule has 0 aromatic heterocycles. The van der Waals surface area contributed by atoms with Crippen LogP contribution >= 0.6 is 22.6 Å². The van der Waals surface area contributed by atoms with E-state index < -0.39 is 0 Å². The number of halogens is 1. The maximum absolute atomic E-state index is 12.1. The summed E-state index contributed by atoms with van der Waals surface area (Å²) < 4.78 is 1.13. The first kappa shape index (κ1) is 14.7. The summed E-state index contributed by atoms with van der Waals surface area (Å²) in [6.45, 7) is 2.46. The SMILES string of the molecule is CNCC1CCCN1CC(=O)Nc1cccc(I)c1. The first-order valence-corrected chi connectivity index (χ1v) is 7.71. The van der Waals surface area contributed by atoms with Gasteiger partial charge in [0.05, 0.1) is 6.54 Å².